The number of likely N-dealkylation sites (N-methyl/N-ethyl adjacent to an activating group) is 1. The molecule has 2 aromatic carbocycles. The molecular weight excluding hydrogens is 437 g/mol. The van der Waals surface area contributed by atoms with Gasteiger partial charge >= 0.3 is 0 Å². The number of ether oxygens (including phenoxy) is 1. The predicted octanol–water partition coefficient (Wildman–Crippen LogP) is 4.52. The largest absolute Gasteiger partial charge is 0.489 e. The van der Waals surface area contributed by atoms with E-state index in [1.54, 1.807) is 23.1 Å². The summed E-state index contributed by atoms with van der Waals surface area (Å²) in [5.41, 5.74) is 2.11. The molecule has 0 spiro atoms. The third-order valence-corrected chi connectivity index (χ3v) is 5.51. The summed E-state index contributed by atoms with van der Waals surface area (Å²) < 4.78 is 5.99. The Morgan fingerprint density at radius 3 is 2.84 bits per heavy atom. The van der Waals surface area contributed by atoms with Crippen molar-refractivity contribution in [1.29, 1.82) is 0 Å². The Hall–Kier alpha value is -2.87. The van der Waals surface area contributed by atoms with E-state index >= 15 is 0 Å². The fourth-order valence-corrected chi connectivity index (χ4v) is 3.62. The summed E-state index contributed by atoms with van der Waals surface area (Å²) in [5, 5.41) is 4.86. The highest BCUT2D eigenvalue weighted by Crippen LogP contribution is 2.41. The van der Waals surface area contributed by atoms with Crippen molar-refractivity contribution in [2.75, 3.05) is 44.0 Å². The number of nitrogens with one attached hydrogen (secondary N) is 1. The molecule has 7 nitrogen and oxygen atoms in total. The number of nitrogens with zero attached hydrogens (tertiary/aromatic N) is 4. The second-order valence-electron chi connectivity index (χ2n) is 7.29. The zero-order chi connectivity index (χ0) is 22.0. The Labute approximate surface area is 190 Å². The van der Waals surface area contributed by atoms with E-state index in [0.717, 1.165) is 5.69 Å². The number of hydrogen-bond acceptors (Lipinski definition) is 6. The van der Waals surface area contributed by atoms with Crippen molar-refractivity contribution in [1.82, 2.24) is 14.9 Å². The van der Waals surface area contributed by atoms with E-state index in [1.165, 1.54) is 6.33 Å². The van der Waals surface area contributed by atoms with E-state index in [-0.39, 0.29) is 5.91 Å². The molecule has 0 fully saturated rings. The van der Waals surface area contributed by atoms with Crippen LogP contribution in [0.25, 0.3) is 10.9 Å². The second kappa shape index (κ2) is 9.09. The smallest absolute Gasteiger partial charge is 0.250 e. The van der Waals surface area contributed by atoms with Crippen LogP contribution in [-0.4, -0.2) is 54.6 Å². The van der Waals surface area contributed by atoms with Crippen LogP contribution in [-0.2, 0) is 4.79 Å². The predicted molar refractivity (Wildman–Crippen MR) is 125 cm³/mol. The van der Waals surface area contributed by atoms with Gasteiger partial charge in [0.25, 0.3) is 5.91 Å². The average Bonchev–Trinajstić information content (AvgIpc) is 2.75. The first-order valence-electron chi connectivity index (χ1n) is 9.69. The molecule has 1 N–H and O–H groups in total. The summed E-state index contributed by atoms with van der Waals surface area (Å²) in [7, 11) is 3.90. The fourth-order valence-electron chi connectivity index (χ4n) is 3.32. The quantitative estimate of drug-likeness (QED) is 0.567. The van der Waals surface area contributed by atoms with Crippen LogP contribution in [0.15, 0.2) is 48.8 Å². The SMILES string of the molecule is CN(C)C/C=C/C(=O)N1CCOc2c1ccc1ncnc(Nc3ccc(Cl)c(Cl)c3)c21. The summed E-state index contributed by atoms with van der Waals surface area (Å²) in [4.78, 5) is 25.3. The first-order chi connectivity index (χ1) is 14.9. The maximum Gasteiger partial charge on any atom is 0.250 e. The average molecular weight is 458 g/mol. The van der Waals surface area contributed by atoms with Crippen molar-refractivity contribution >= 4 is 57.2 Å². The zero-order valence-electron chi connectivity index (χ0n) is 17.1. The van der Waals surface area contributed by atoms with Crippen molar-refractivity contribution in [3.8, 4) is 5.75 Å². The van der Waals surface area contributed by atoms with Gasteiger partial charge in [-0.05, 0) is 44.4 Å². The Balaban J connectivity index is 1.73. The minimum Gasteiger partial charge on any atom is -0.489 e. The van der Waals surface area contributed by atoms with Crippen molar-refractivity contribution in [2.24, 2.45) is 0 Å². The third-order valence-electron chi connectivity index (χ3n) is 4.77. The molecule has 4 rings (SSSR count). The molecule has 1 aliphatic heterocycles. The molecule has 3 aromatic rings. The molecule has 0 atom stereocenters. The number of aromatic nitrogens is 2. The van der Waals surface area contributed by atoms with Crippen LogP contribution in [0.1, 0.15) is 0 Å². The van der Waals surface area contributed by atoms with Crippen LogP contribution in [0.3, 0.4) is 0 Å². The normalized spacial score (nSPS) is 13.5. The van der Waals surface area contributed by atoms with E-state index in [0.29, 0.717) is 57.9 Å². The van der Waals surface area contributed by atoms with Gasteiger partial charge < -0.3 is 19.9 Å². The molecule has 2 heterocycles. The summed E-state index contributed by atoms with van der Waals surface area (Å²) in [6.07, 6.45) is 4.92. The lowest BCUT2D eigenvalue weighted by Gasteiger charge is -2.30. The first kappa shape index (κ1) is 21.4. The number of halogens is 2. The number of hydrogen-bond donors (Lipinski definition) is 1. The molecule has 0 radical (unpaired) electrons. The van der Waals surface area contributed by atoms with Crippen molar-refractivity contribution in [3.05, 3.63) is 58.9 Å². The zero-order valence-corrected chi connectivity index (χ0v) is 18.6. The van der Waals surface area contributed by atoms with Gasteiger partial charge in [-0.2, -0.15) is 0 Å². The monoisotopic (exact) mass is 457 g/mol. The molecular formula is C22H21Cl2N5O2. The lowest BCUT2D eigenvalue weighted by Crippen LogP contribution is -2.37. The summed E-state index contributed by atoms with van der Waals surface area (Å²) in [5.74, 6) is 1.03. The maximum atomic E-state index is 12.8. The van der Waals surface area contributed by atoms with E-state index in [9.17, 15) is 4.79 Å². The third kappa shape index (κ3) is 4.58. The van der Waals surface area contributed by atoms with Crippen molar-refractivity contribution in [3.63, 3.8) is 0 Å². The number of carbonyl (C=O) groups excluding carboxylic acids is 1. The van der Waals surface area contributed by atoms with Gasteiger partial charge in [-0.15, -0.1) is 0 Å². The van der Waals surface area contributed by atoms with Crippen LogP contribution < -0.4 is 15.0 Å². The summed E-state index contributed by atoms with van der Waals surface area (Å²) in [6, 6.07) is 8.95. The summed E-state index contributed by atoms with van der Waals surface area (Å²) in [6.45, 7) is 1.53. The van der Waals surface area contributed by atoms with Crippen LogP contribution in [0.2, 0.25) is 10.0 Å². The molecule has 1 aromatic heterocycles. The van der Waals surface area contributed by atoms with Gasteiger partial charge in [0.15, 0.2) is 5.75 Å². The maximum absolute atomic E-state index is 12.8. The van der Waals surface area contributed by atoms with Crippen LogP contribution in [0.4, 0.5) is 17.2 Å². The number of amides is 1. The fraction of sp³-hybridized carbons (Fsp3) is 0.227. The first-order valence-corrected chi connectivity index (χ1v) is 10.4. The Morgan fingerprint density at radius 2 is 2.06 bits per heavy atom. The van der Waals surface area contributed by atoms with Gasteiger partial charge in [-0.3, -0.25) is 4.79 Å². The van der Waals surface area contributed by atoms with Gasteiger partial charge in [0, 0.05) is 18.3 Å². The molecule has 0 aliphatic carbocycles. The molecule has 9 heteroatoms. The number of anilines is 3. The van der Waals surface area contributed by atoms with Gasteiger partial charge in [0.2, 0.25) is 0 Å². The van der Waals surface area contributed by atoms with E-state index in [1.807, 2.05) is 43.3 Å². The van der Waals surface area contributed by atoms with Gasteiger partial charge in [0.05, 0.1) is 33.2 Å². The highest BCUT2D eigenvalue weighted by atomic mass is 35.5. The number of carbonyl (C=O) groups is 1. The molecule has 0 saturated carbocycles. The number of benzene rings is 2. The van der Waals surface area contributed by atoms with Crippen LogP contribution >= 0.6 is 23.2 Å². The highest BCUT2D eigenvalue weighted by molar-refractivity contribution is 6.42. The molecule has 0 bridgehead atoms. The molecule has 0 unspecified atom stereocenters. The molecule has 1 amide bonds. The van der Waals surface area contributed by atoms with Gasteiger partial charge in [-0.1, -0.05) is 29.3 Å². The Morgan fingerprint density at radius 1 is 1.23 bits per heavy atom. The van der Waals surface area contributed by atoms with Crippen molar-refractivity contribution in [2.45, 2.75) is 0 Å². The van der Waals surface area contributed by atoms with Crippen LogP contribution in [0, 0.1) is 0 Å². The highest BCUT2D eigenvalue weighted by Gasteiger charge is 2.26. The molecule has 31 heavy (non-hydrogen) atoms. The van der Waals surface area contributed by atoms with Crippen molar-refractivity contribution < 1.29 is 9.53 Å². The minimum atomic E-state index is -0.0957. The second-order valence-corrected chi connectivity index (χ2v) is 8.10. The minimum absolute atomic E-state index is 0.0957. The van der Waals surface area contributed by atoms with E-state index in [4.69, 9.17) is 27.9 Å². The lowest BCUT2D eigenvalue weighted by atomic mass is 10.1. The summed E-state index contributed by atoms with van der Waals surface area (Å²) >= 11 is 12.2. The van der Waals surface area contributed by atoms with Gasteiger partial charge in [-0.25, -0.2) is 9.97 Å². The Kier molecular flexibility index (Phi) is 6.27. The lowest BCUT2D eigenvalue weighted by molar-refractivity contribution is -0.114. The topological polar surface area (TPSA) is 70.6 Å². The molecule has 0 saturated heterocycles. The molecule has 160 valence electrons. The van der Waals surface area contributed by atoms with E-state index in [2.05, 4.69) is 15.3 Å². The van der Waals surface area contributed by atoms with Gasteiger partial charge in [0.1, 0.15) is 18.8 Å². The standard InChI is InChI=1S/C22H21Cl2N5O2/c1-28(2)9-3-4-19(30)29-10-11-31-21-18(29)8-7-17-20(21)22(26-13-25-17)27-14-5-6-15(23)16(24)12-14/h3-8,12-13H,9-11H2,1-2H3,(H,25,26,27)/b4-3+. The van der Waals surface area contributed by atoms with Crippen LogP contribution in [0.5, 0.6) is 5.75 Å². The Bertz CT molecular complexity index is 1170. The number of fused-ring (bicyclic) bond motifs is 3. The van der Waals surface area contributed by atoms with E-state index < -0.39 is 0 Å². The molecule has 1 aliphatic rings. The number of rotatable bonds is 5.